The minimum atomic E-state index is -0.680. The molecule has 2 heterocycles. The Morgan fingerprint density at radius 1 is 1.50 bits per heavy atom. The lowest BCUT2D eigenvalue weighted by atomic mass is 10.4. The van der Waals surface area contributed by atoms with Gasteiger partial charge in [-0.15, -0.1) is 11.3 Å². The molecule has 16 heavy (non-hydrogen) atoms. The van der Waals surface area contributed by atoms with Crippen molar-refractivity contribution >= 4 is 17.2 Å². The van der Waals surface area contributed by atoms with Crippen molar-refractivity contribution in [1.82, 2.24) is 9.97 Å². The highest BCUT2D eigenvalue weighted by Crippen LogP contribution is 2.21. The Balaban J connectivity index is 2.33. The third-order valence-electron chi connectivity index (χ3n) is 1.74. The van der Waals surface area contributed by atoms with E-state index < -0.39 is 5.91 Å². The number of amides is 1. The number of thiazole rings is 1. The number of nitrogens with zero attached hydrogens (tertiary/aromatic N) is 5. The number of carbonyl (C=O) groups is 1. The Hall–Kier alpha value is -2.24. The molecule has 6 nitrogen and oxygen atoms in total. The van der Waals surface area contributed by atoms with Gasteiger partial charge < -0.3 is 0 Å². The fraction of sp³-hybridized carbons (Fsp3) is 0. The Morgan fingerprint density at radius 2 is 2.38 bits per heavy atom. The Kier molecular flexibility index (Phi) is 2.90. The van der Waals surface area contributed by atoms with Gasteiger partial charge in [-0.3, -0.25) is 9.78 Å². The number of rotatable bonds is 2. The molecule has 7 heteroatoms. The number of carbonyl (C=O) groups excluding carboxylic acids is 1. The molecule has 0 aliphatic rings. The van der Waals surface area contributed by atoms with Crippen molar-refractivity contribution in [3.05, 3.63) is 45.9 Å². The summed E-state index contributed by atoms with van der Waals surface area (Å²) in [6.45, 7) is 0. The summed E-state index contributed by atoms with van der Waals surface area (Å²) in [4.78, 5) is 21.8. The van der Waals surface area contributed by atoms with Gasteiger partial charge in [0.2, 0.25) is 0 Å². The van der Waals surface area contributed by atoms with E-state index >= 15 is 0 Å². The zero-order valence-corrected chi connectivity index (χ0v) is 8.76. The summed E-state index contributed by atoms with van der Waals surface area (Å²) in [5, 5.41) is 5.13. The molecule has 0 saturated heterocycles. The molecule has 1 amide bonds. The summed E-state index contributed by atoms with van der Waals surface area (Å²) in [6.07, 6.45) is 1.64. The fourth-order valence-electron chi connectivity index (χ4n) is 1.07. The minimum Gasteiger partial charge on any atom is -0.285 e. The summed E-state index contributed by atoms with van der Waals surface area (Å²) in [5.41, 5.74) is 8.95. The van der Waals surface area contributed by atoms with Crippen molar-refractivity contribution in [2.24, 2.45) is 5.11 Å². The van der Waals surface area contributed by atoms with Crippen LogP contribution in [-0.2, 0) is 0 Å². The van der Waals surface area contributed by atoms with Gasteiger partial charge in [0, 0.05) is 16.5 Å². The molecule has 0 bridgehead atoms. The zero-order chi connectivity index (χ0) is 11.4. The molecule has 2 rings (SSSR count). The summed E-state index contributed by atoms with van der Waals surface area (Å²) in [5.74, 6) is -0.680. The number of hydrogen-bond donors (Lipinski definition) is 0. The van der Waals surface area contributed by atoms with Crippen LogP contribution in [0.25, 0.3) is 21.1 Å². The highest BCUT2D eigenvalue weighted by Gasteiger charge is 2.10. The molecule has 0 spiro atoms. The van der Waals surface area contributed by atoms with Crippen LogP contribution >= 0.6 is 11.3 Å². The molecule has 0 aromatic carbocycles. The SMILES string of the molecule is [N-]=[N+]=NC(=O)c1csc(-c2ccccn2)n1. The Morgan fingerprint density at radius 3 is 3.06 bits per heavy atom. The number of azide groups is 1. The van der Waals surface area contributed by atoms with Crippen molar-refractivity contribution in [1.29, 1.82) is 0 Å². The van der Waals surface area contributed by atoms with Crippen LogP contribution in [-0.4, -0.2) is 15.9 Å². The topological polar surface area (TPSA) is 91.6 Å². The van der Waals surface area contributed by atoms with Crippen LogP contribution in [0.1, 0.15) is 10.5 Å². The molecular weight excluding hydrogens is 226 g/mol. The number of pyridine rings is 1. The maximum atomic E-state index is 11.2. The van der Waals surface area contributed by atoms with E-state index in [1.807, 2.05) is 6.07 Å². The van der Waals surface area contributed by atoms with Gasteiger partial charge in [-0.25, -0.2) is 4.98 Å². The average molecular weight is 231 g/mol. The van der Waals surface area contributed by atoms with Gasteiger partial charge in [-0.2, -0.15) is 0 Å². The van der Waals surface area contributed by atoms with Crippen molar-refractivity contribution in [2.45, 2.75) is 0 Å². The van der Waals surface area contributed by atoms with Crippen LogP contribution in [0.5, 0.6) is 0 Å². The standard InChI is InChI=1S/C9H5N5OS/c10-14-13-8(15)7-5-16-9(12-7)6-3-1-2-4-11-6/h1-5H. The molecule has 0 saturated carbocycles. The first-order valence-electron chi connectivity index (χ1n) is 4.27. The van der Waals surface area contributed by atoms with Gasteiger partial charge in [0.05, 0.1) is 5.69 Å². The Labute approximate surface area is 94.2 Å². The van der Waals surface area contributed by atoms with E-state index in [1.165, 1.54) is 11.3 Å². The molecule has 0 aliphatic carbocycles. The maximum Gasteiger partial charge on any atom is 0.268 e. The quantitative estimate of drug-likeness (QED) is 0.451. The molecule has 0 atom stereocenters. The van der Waals surface area contributed by atoms with E-state index in [2.05, 4.69) is 20.0 Å². The third kappa shape index (κ3) is 2.05. The molecule has 2 aromatic heterocycles. The molecule has 0 aliphatic heterocycles. The lowest BCUT2D eigenvalue weighted by Gasteiger charge is -1.91. The normalized spacial score (nSPS) is 9.50. The first-order chi connectivity index (χ1) is 7.81. The molecule has 2 aromatic rings. The molecular formula is C9H5N5OS. The first-order valence-corrected chi connectivity index (χ1v) is 5.15. The summed E-state index contributed by atoms with van der Waals surface area (Å²) >= 11 is 1.28. The van der Waals surface area contributed by atoms with Crippen LogP contribution in [0, 0.1) is 0 Å². The van der Waals surface area contributed by atoms with Gasteiger partial charge in [0.1, 0.15) is 10.7 Å². The second-order valence-electron chi connectivity index (χ2n) is 2.75. The summed E-state index contributed by atoms with van der Waals surface area (Å²) in [7, 11) is 0. The van der Waals surface area contributed by atoms with Crippen LogP contribution in [0.3, 0.4) is 0 Å². The first kappa shape index (κ1) is 10.3. The Bertz CT molecular complexity index is 558. The average Bonchev–Trinajstić information content (AvgIpc) is 2.80. The van der Waals surface area contributed by atoms with Gasteiger partial charge >= 0.3 is 0 Å². The van der Waals surface area contributed by atoms with Gasteiger partial charge in [-0.1, -0.05) is 6.07 Å². The molecule has 0 fully saturated rings. The molecule has 0 unspecified atom stereocenters. The van der Waals surface area contributed by atoms with Crippen LogP contribution < -0.4 is 0 Å². The van der Waals surface area contributed by atoms with Crippen molar-refractivity contribution in [3.8, 4) is 10.7 Å². The lowest BCUT2D eigenvalue weighted by Crippen LogP contribution is -1.93. The summed E-state index contributed by atoms with van der Waals surface area (Å²) in [6, 6.07) is 5.42. The smallest absolute Gasteiger partial charge is 0.268 e. The van der Waals surface area contributed by atoms with Crippen LogP contribution in [0.2, 0.25) is 0 Å². The van der Waals surface area contributed by atoms with Gasteiger partial charge in [-0.05, 0) is 22.8 Å². The van der Waals surface area contributed by atoms with Crippen molar-refractivity contribution in [3.63, 3.8) is 0 Å². The minimum absolute atomic E-state index is 0.142. The maximum absolute atomic E-state index is 11.2. The monoisotopic (exact) mass is 231 g/mol. The molecule has 78 valence electrons. The molecule has 0 N–H and O–H groups in total. The van der Waals surface area contributed by atoms with Crippen molar-refractivity contribution in [2.75, 3.05) is 0 Å². The largest absolute Gasteiger partial charge is 0.285 e. The van der Waals surface area contributed by atoms with E-state index in [9.17, 15) is 4.79 Å². The lowest BCUT2D eigenvalue weighted by molar-refractivity contribution is 0.0996. The van der Waals surface area contributed by atoms with Gasteiger partial charge in [0.15, 0.2) is 0 Å². The van der Waals surface area contributed by atoms with E-state index in [1.54, 1.807) is 23.7 Å². The van der Waals surface area contributed by atoms with E-state index in [0.29, 0.717) is 10.7 Å². The highest BCUT2D eigenvalue weighted by atomic mass is 32.1. The predicted molar refractivity (Wildman–Crippen MR) is 58.8 cm³/mol. The molecule has 0 radical (unpaired) electrons. The number of hydrogen-bond acceptors (Lipinski definition) is 4. The van der Waals surface area contributed by atoms with E-state index in [4.69, 9.17) is 5.53 Å². The van der Waals surface area contributed by atoms with Crippen LogP contribution in [0.15, 0.2) is 34.9 Å². The fourth-order valence-corrected chi connectivity index (χ4v) is 1.84. The third-order valence-corrected chi connectivity index (χ3v) is 2.61. The van der Waals surface area contributed by atoms with Crippen LogP contribution in [0.4, 0.5) is 0 Å². The summed E-state index contributed by atoms with van der Waals surface area (Å²) < 4.78 is 0. The highest BCUT2D eigenvalue weighted by molar-refractivity contribution is 7.13. The predicted octanol–water partition coefficient (Wildman–Crippen LogP) is 2.66. The van der Waals surface area contributed by atoms with E-state index in [-0.39, 0.29) is 5.69 Å². The second-order valence-corrected chi connectivity index (χ2v) is 3.61. The zero-order valence-electron chi connectivity index (χ0n) is 7.94. The van der Waals surface area contributed by atoms with Crippen molar-refractivity contribution < 1.29 is 4.79 Å². The second kappa shape index (κ2) is 4.52. The number of aromatic nitrogens is 2. The van der Waals surface area contributed by atoms with E-state index in [0.717, 1.165) is 0 Å². The van der Waals surface area contributed by atoms with Gasteiger partial charge in [0.25, 0.3) is 5.91 Å².